The van der Waals surface area contributed by atoms with Crippen LogP contribution in [0.25, 0.3) is 0 Å². The zero-order chi connectivity index (χ0) is 12.8. The number of hydrogen-bond donors (Lipinski definition) is 1. The summed E-state index contributed by atoms with van der Waals surface area (Å²) >= 11 is 0. The van der Waals surface area contributed by atoms with Gasteiger partial charge in [0.1, 0.15) is 0 Å². The monoisotopic (exact) mass is 249 g/mol. The van der Waals surface area contributed by atoms with Gasteiger partial charge in [-0.3, -0.25) is 0 Å². The van der Waals surface area contributed by atoms with Crippen molar-refractivity contribution < 1.29 is 0 Å². The number of nitrogens with one attached hydrogen (secondary N) is 1. The Balaban J connectivity index is 1.75. The van der Waals surface area contributed by atoms with Crippen LogP contribution in [0.2, 0.25) is 0 Å². The zero-order valence-electron chi connectivity index (χ0n) is 11.7. The third kappa shape index (κ3) is 3.70. The van der Waals surface area contributed by atoms with Crippen LogP contribution >= 0.6 is 0 Å². The van der Waals surface area contributed by atoms with Crippen LogP contribution in [0.3, 0.4) is 0 Å². The maximum Gasteiger partial charge on any atom is 0.0672 e. The molecule has 1 aliphatic heterocycles. The summed E-state index contributed by atoms with van der Waals surface area (Å²) in [7, 11) is 0. The molecule has 1 saturated carbocycles. The van der Waals surface area contributed by atoms with E-state index in [0.29, 0.717) is 12.1 Å². The highest BCUT2D eigenvalue weighted by atomic mass is 15.1. The number of nitriles is 1. The Bertz CT molecular complexity index is 276. The molecule has 0 aromatic carbocycles. The summed E-state index contributed by atoms with van der Waals surface area (Å²) in [6.07, 6.45) is 8.62. The van der Waals surface area contributed by atoms with Gasteiger partial charge in [-0.25, -0.2) is 0 Å². The molecule has 0 spiro atoms. The van der Waals surface area contributed by atoms with Crippen molar-refractivity contribution in [1.29, 1.82) is 5.26 Å². The SMILES string of the molecule is CCCN1CCC(NC2CCCCC2C#N)CC1. The average Bonchev–Trinajstić information content (AvgIpc) is 2.42. The summed E-state index contributed by atoms with van der Waals surface area (Å²) in [5.74, 6) is 0.257. The van der Waals surface area contributed by atoms with Gasteiger partial charge >= 0.3 is 0 Å². The molecule has 1 N–H and O–H groups in total. The second kappa shape index (κ2) is 7.11. The highest BCUT2D eigenvalue weighted by Gasteiger charge is 2.28. The summed E-state index contributed by atoms with van der Waals surface area (Å²) in [5, 5.41) is 13.0. The Morgan fingerprint density at radius 1 is 1.17 bits per heavy atom. The van der Waals surface area contributed by atoms with Crippen LogP contribution in [-0.2, 0) is 0 Å². The standard InChI is InChI=1S/C15H27N3/c1-2-9-18-10-7-14(8-11-18)17-15-6-4-3-5-13(15)12-16/h13-15,17H,2-11H2,1H3. The first-order valence-corrected chi connectivity index (χ1v) is 7.71. The van der Waals surface area contributed by atoms with Crippen molar-refractivity contribution in [3.8, 4) is 6.07 Å². The van der Waals surface area contributed by atoms with E-state index in [9.17, 15) is 5.26 Å². The van der Waals surface area contributed by atoms with Gasteiger partial charge in [0, 0.05) is 12.1 Å². The molecule has 2 aliphatic rings. The summed E-state index contributed by atoms with van der Waals surface area (Å²) in [6, 6.07) is 3.61. The van der Waals surface area contributed by atoms with E-state index in [2.05, 4.69) is 23.2 Å². The summed E-state index contributed by atoms with van der Waals surface area (Å²) in [5.41, 5.74) is 0. The average molecular weight is 249 g/mol. The number of nitrogens with zero attached hydrogens (tertiary/aromatic N) is 2. The van der Waals surface area contributed by atoms with Gasteiger partial charge < -0.3 is 10.2 Å². The molecule has 3 heteroatoms. The lowest BCUT2D eigenvalue weighted by molar-refractivity contribution is 0.177. The third-order valence-electron chi connectivity index (χ3n) is 4.51. The van der Waals surface area contributed by atoms with Gasteiger partial charge in [0.25, 0.3) is 0 Å². The first-order valence-electron chi connectivity index (χ1n) is 7.71. The highest BCUT2D eigenvalue weighted by Crippen LogP contribution is 2.25. The summed E-state index contributed by atoms with van der Waals surface area (Å²) < 4.78 is 0. The van der Waals surface area contributed by atoms with E-state index in [4.69, 9.17) is 0 Å². The van der Waals surface area contributed by atoms with Crippen molar-refractivity contribution in [2.24, 2.45) is 5.92 Å². The van der Waals surface area contributed by atoms with Crippen LogP contribution < -0.4 is 5.32 Å². The molecule has 0 aromatic heterocycles. The zero-order valence-corrected chi connectivity index (χ0v) is 11.7. The van der Waals surface area contributed by atoms with E-state index in [-0.39, 0.29) is 5.92 Å². The predicted octanol–water partition coefficient (Wildman–Crippen LogP) is 2.53. The predicted molar refractivity (Wildman–Crippen MR) is 74.2 cm³/mol. The number of hydrogen-bond acceptors (Lipinski definition) is 3. The Hall–Kier alpha value is -0.590. The Morgan fingerprint density at radius 2 is 1.89 bits per heavy atom. The molecule has 1 saturated heterocycles. The number of piperidine rings is 1. The first-order chi connectivity index (χ1) is 8.83. The van der Waals surface area contributed by atoms with Crippen molar-refractivity contribution in [1.82, 2.24) is 10.2 Å². The van der Waals surface area contributed by atoms with Crippen LogP contribution in [0.1, 0.15) is 51.9 Å². The maximum absolute atomic E-state index is 9.20. The fraction of sp³-hybridized carbons (Fsp3) is 0.933. The maximum atomic E-state index is 9.20. The molecule has 3 nitrogen and oxygen atoms in total. The Labute approximate surface area is 112 Å². The first kappa shape index (κ1) is 13.8. The third-order valence-corrected chi connectivity index (χ3v) is 4.51. The molecule has 1 heterocycles. The molecular formula is C15H27N3. The molecule has 2 fully saturated rings. The van der Waals surface area contributed by atoms with Crippen molar-refractivity contribution in [2.75, 3.05) is 19.6 Å². The van der Waals surface area contributed by atoms with Crippen molar-refractivity contribution >= 4 is 0 Å². The topological polar surface area (TPSA) is 39.1 Å². The minimum Gasteiger partial charge on any atom is -0.310 e. The van der Waals surface area contributed by atoms with Crippen molar-refractivity contribution in [3.63, 3.8) is 0 Å². The molecule has 2 unspecified atom stereocenters. The van der Waals surface area contributed by atoms with E-state index in [0.717, 1.165) is 6.42 Å². The van der Waals surface area contributed by atoms with Gasteiger partial charge in [-0.05, 0) is 51.7 Å². The number of rotatable bonds is 4. The van der Waals surface area contributed by atoms with Gasteiger partial charge in [-0.1, -0.05) is 19.8 Å². The number of likely N-dealkylation sites (tertiary alicyclic amines) is 1. The molecule has 1 aliphatic carbocycles. The second-order valence-electron chi connectivity index (χ2n) is 5.91. The van der Waals surface area contributed by atoms with Crippen LogP contribution in [0.15, 0.2) is 0 Å². The molecule has 102 valence electrons. The normalized spacial score (nSPS) is 31.1. The molecule has 18 heavy (non-hydrogen) atoms. The van der Waals surface area contributed by atoms with E-state index >= 15 is 0 Å². The van der Waals surface area contributed by atoms with Crippen LogP contribution in [0.4, 0.5) is 0 Å². The minimum atomic E-state index is 0.257. The Kier molecular flexibility index (Phi) is 5.46. The lowest BCUT2D eigenvalue weighted by Crippen LogP contribution is -2.49. The highest BCUT2D eigenvalue weighted by molar-refractivity contribution is 4.96. The molecule has 0 radical (unpaired) electrons. The smallest absolute Gasteiger partial charge is 0.0672 e. The van der Waals surface area contributed by atoms with Crippen LogP contribution in [-0.4, -0.2) is 36.6 Å². The van der Waals surface area contributed by atoms with Crippen LogP contribution in [0, 0.1) is 17.2 Å². The van der Waals surface area contributed by atoms with E-state index < -0.39 is 0 Å². The largest absolute Gasteiger partial charge is 0.310 e. The van der Waals surface area contributed by atoms with Gasteiger partial charge in [-0.2, -0.15) is 5.26 Å². The lowest BCUT2D eigenvalue weighted by Gasteiger charge is -2.36. The minimum absolute atomic E-state index is 0.257. The fourth-order valence-corrected chi connectivity index (χ4v) is 3.43. The summed E-state index contributed by atoms with van der Waals surface area (Å²) in [6.45, 7) is 5.96. The van der Waals surface area contributed by atoms with E-state index in [1.165, 1.54) is 58.2 Å². The molecule has 2 rings (SSSR count). The second-order valence-corrected chi connectivity index (χ2v) is 5.91. The molecule has 0 bridgehead atoms. The van der Waals surface area contributed by atoms with Gasteiger partial charge in [0.2, 0.25) is 0 Å². The van der Waals surface area contributed by atoms with Gasteiger partial charge in [-0.15, -0.1) is 0 Å². The lowest BCUT2D eigenvalue weighted by atomic mass is 9.84. The molecule has 2 atom stereocenters. The van der Waals surface area contributed by atoms with Crippen molar-refractivity contribution in [3.05, 3.63) is 0 Å². The molecular weight excluding hydrogens is 222 g/mol. The fourth-order valence-electron chi connectivity index (χ4n) is 3.43. The van der Waals surface area contributed by atoms with E-state index in [1.54, 1.807) is 0 Å². The molecule has 0 aromatic rings. The van der Waals surface area contributed by atoms with Gasteiger partial charge in [0.05, 0.1) is 12.0 Å². The Morgan fingerprint density at radius 3 is 2.56 bits per heavy atom. The summed E-state index contributed by atoms with van der Waals surface area (Å²) in [4.78, 5) is 2.57. The molecule has 0 amide bonds. The van der Waals surface area contributed by atoms with Gasteiger partial charge in [0.15, 0.2) is 0 Å². The quantitative estimate of drug-likeness (QED) is 0.832. The van der Waals surface area contributed by atoms with Crippen molar-refractivity contribution in [2.45, 2.75) is 64.0 Å². The van der Waals surface area contributed by atoms with E-state index in [1.807, 2.05) is 0 Å². The van der Waals surface area contributed by atoms with Crippen LogP contribution in [0.5, 0.6) is 0 Å².